The molecule has 0 radical (unpaired) electrons. The highest BCUT2D eigenvalue weighted by Crippen LogP contribution is 2.27. The minimum absolute atomic E-state index is 0.0344. The first-order valence-corrected chi connectivity index (χ1v) is 12.4. The lowest BCUT2D eigenvalue weighted by Crippen LogP contribution is -2.26. The van der Waals surface area contributed by atoms with Crippen molar-refractivity contribution < 1.29 is 23.9 Å². The summed E-state index contributed by atoms with van der Waals surface area (Å²) in [5.41, 5.74) is 0.679. The number of nitrogens with zero attached hydrogens (tertiary/aromatic N) is 4. The summed E-state index contributed by atoms with van der Waals surface area (Å²) in [6, 6.07) is 10.4. The minimum atomic E-state index is -0.710. The fourth-order valence-electron chi connectivity index (χ4n) is 3.70. The molecule has 0 spiro atoms. The van der Waals surface area contributed by atoms with E-state index in [1.165, 1.54) is 21.5 Å². The smallest absolute Gasteiger partial charge is 0.419 e. The van der Waals surface area contributed by atoms with Gasteiger partial charge in [0.15, 0.2) is 5.82 Å². The Morgan fingerprint density at radius 2 is 1.81 bits per heavy atom. The molecule has 4 aromatic rings. The molecule has 10 heteroatoms. The van der Waals surface area contributed by atoms with Crippen LogP contribution in [-0.2, 0) is 16.2 Å². The Balaban J connectivity index is 1.84. The van der Waals surface area contributed by atoms with E-state index in [2.05, 4.69) is 9.97 Å². The van der Waals surface area contributed by atoms with Gasteiger partial charge in [-0.2, -0.15) is 0 Å². The summed E-state index contributed by atoms with van der Waals surface area (Å²) in [6.07, 6.45) is 3.90. The fraction of sp³-hybridized carbons (Fsp3) is 0.269. The number of pyridine rings is 1. The van der Waals surface area contributed by atoms with Gasteiger partial charge in [0.2, 0.25) is 11.6 Å². The maximum atomic E-state index is 13.9. The molecule has 3 heterocycles. The molecule has 0 bridgehead atoms. The first-order chi connectivity index (χ1) is 17.1. The molecule has 36 heavy (non-hydrogen) atoms. The zero-order chi connectivity index (χ0) is 26.0. The summed E-state index contributed by atoms with van der Waals surface area (Å²) in [4.78, 5) is 48.6. The number of hydrogen-bond donors (Lipinski definition) is 0. The van der Waals surface area contributed by atoms with Crippen molar-refractivity contribution in [3.8, 4) is 0 Å². The van der Waals surface area contributed by atoms with Crippen molar-refractivity contribution in [2.45, 2.75) is 40.0 Å². The Morgan fingerprint density at radius 1 is 1.06 bits per heavy atom. The van der Waals surface area contributed by atoms with Crippen molar-refractivity contribution in [3.63, 3.8) is 0 Å². The van der Waals surface area contributed by atoms with E-state index in [0.29, 0.717) is 26.8 Å². The van der Waals surface area contributed by atoms with Gasteiger partial charge in [-0.05, 0) is 68.5 Å². The minimum Gasteiger partial charge on any atom is -0.443 e. The predicted octanol–water partition coefficient (Wildman–Crippen LogP) is 5.08. The SMILES string of the molecule is CCOCn1c(C(=O)c2cn(C(=O)OC(C)(C)C)c3ccccc23)nc(I)c1C(=O)c1cccnc1. The largest absolute Gasteiger partial charge is 0.443 e. The van der Waals surface area contributed by atoms with Crippen molar-refractivity contribution in [1.29, 1.82) is 0 Å². The monoisotopic (exact) mass is 600 g/mol. The maximum Gasteiger partial charge on any atom is 0.419 e. The van der Waals surface area contributed by atoms with Crippen LogP contribution in [0.25, 0.3) is 10.9 Å². The third-order valence-corrected chi connectivity index (χ3v) is 5.99. The van der Waals surface area contributed by atoms with Crippen molar-refractivity contribution in [2.24, 2.45) is 0 Å². The third-order valence-electron chi connectivity index (χ3n) is 5.24. The number of ether oxygens (including phenoxy) is 2. The van der Waals surface area contributed by atoms with Crippen molar-refractivity contribution in [3.05, 3.63) is 81.3 Å². The Morgan fingerprint density at radius 3 is 2.47 bits per heavy atom. The lowest BCUT2D eigenvalue weighted by Gasteiger charge is -2.19. The number of carbonyl (C=O) groups is 3. The van der Waals surface area contributed by atoms with Crippen LogP contribution in [0.2, 0.25) is 0 Å². The van der Waals surface area contributed by atoms with Crippen LogP contribution in [0.15, 0.2) is 55.0 Å². The average molecular weight is 600 g/mol. The Hall–Kier alpha value is -3.38. The molecule has 0 aliphatic heterocycles. The molecule has 9 nitrogen and oxygen atoms in total. The maximum absolute atomic E-state index is 13.9. The van der Waals surface area contributed by atoms with E-state index >= 15 is 0 Å². The van der Waals surface area contributed by atoms with Crippen LogP contribution in [0.1, 0.15) is 59.9 Å². The average Bonchev–Trinajstić information content (AvgIpc) is 3.39. The number of halogens is 1. The van der Waals surface area contributed by atoms with E-state index in [-0.39, 0.29) is 29.6 Å². The van der Waals surface area contributed by atoms with Gasteiger partial charge in [-0.15, -0.1) is 0 Å². The molecular weight excluding hydrogens is 575 g/mol. The topological polar surface area (TPSA) is 105 Å². The van der Waals surface area contributed by atoms with Crippen molar-refractivity contribution in [2.75, 3.05) is 6.61 Å². The number of hydrogen-bond acceptors (Lipinski definition) is 7. The number of aromatic nitrogens is 4. The molecule has 0 atom stereocenters. The van der Waals surface area contributed by atoms with Gasteiger partial charge in [0, 0.05) is 36.1 Å². The number of fused-ring (bicyclic) bond motifs is 1. The first kappa shape index (κ1) is 25.7. The highest BCUT2D eigenvalue weighted by atomic mass is 127. The van der Waals surface area contributed by atoms with Gasteiger partial charge in [-0.3, -0.25) is 23.7 Å². The van der Waals surface area contributed by atoms with Gasteiger partial charge >= 0.3 is 6.09 Å². The highest BCUT2D eigenvalue weighted by Gasteiger charge is 2.30. The van der Waals surface area contributed by atoms with E-state index in [9.17, 15) is 14.4 Å². The summed E-state index contributed by atoms with van der Waals surface area (Å²) in [6.45, 7) is 7.47. The molecule has 3 aromatic heterocycles. The lowest BCUT2D eigenvalue weighted by molar-refractivity contribution is 0.0544. The van der Waals surface area contributed by atoms with Gasteiger partial charge < -0.3 is 9.47 Å². The number of carbonyl (C=O) groups excluding carboxylic acids is 3. The second-order valence-corrected chi connectivity index (χ2v) is 9.96. The number of rotatable bonds is 7. The normalized spacial score (nSPS) is 11.6. The van der Waals surface area contributed by atoms with Crippen LogP contribution in [0, 0.1) is 3.70 Å². The van der Waals surface area contributed by atoms with Crippen molar-refractivity contribution in [1.82, 2.24) is 19.1 Å². The Labute approximate surface area is 221 Å². The van der Waals surface area contributed by atoms with Gasteiger partial charge in [0.1, 0.15) is 21.7 Å². The van der Waals surface area contributed by atoms with Crippen LogP contribution in [0.3, 0.4) is 0 Å². The van der Waals surface area contributed by atoms with Crippen LogP contribution in [0.5, 0.6) is 0 Å². The summed E-state index contributed by atoms with van der Waals surface area (Å²) < 4.78 is 14.3. The Kier molecular flexibility index (Phi) is 7.36. The molecule has 0 aliphatic rings. The molecule has 0 amide bonds. The van der Waals surface area contributed by atoms with Crippen molar-refractivity contribution >= 4 is 51.2 Å². The van der Waals surface area contributed by atoms with E-state index in [1.807, 2.05) is 29.5 Å². The second kappa shape index (κ2) is 10.3. The predicted molar refractivity (Wildman–Crippen MR) is 141 cm³/mol. The first-order valence-electron chi connectivity index (χ1n) is 11.3. The molecule has 0 unspecified atom stereocenters. The van der Waals surface area contributed by atoms with Crippen LogP contribution in [-0.4, -0.2) is 49.0 Å². The molecule has 186 valence electrons. The van der Waals surface area contributed by atoms with Crippen LogP contribution >= 0.6 is 22.6 Å². The van der Waals surface area contributed by atoms with Gasteiger partial charge in [-0.1, -0.05) is 18.2 Å². The van der Waals surface area contributed by atoms with E-state index in [0.717, 1.165) is 0 Å². The van der Waals surface area contributed by atoms with E-state index in [4.69, 9.17) is 9.47 Å². The lowest BCUT2D eigenvalue weighted by atomic mass is 10.1. The number of imidazole rings is 1. The molecule has 0 fully saturated rings. The highest BCUT2D eigenvalue weighted by molar-refractivity contribution is 14.1. The zero-order valence-electron chi connectivity index (χ0n) is 20.3. The Bertz CT molecular complexity index is 1450. The number of benzene rings is 1. The zero-order valence-corrected chi connectivity index (χ0v) is 22.5. The van der Waals surface area contributed by atoms with E-state index in [1.54, 1.807) is 63.4 Å². The van der Waals surface area contributed by atoms with Crippen LogP contribution < -0.4 is 0 Å². The molecular formula is C26H25IN4O5. The molecule has 0 saturated carbocycles. The molecule has 4 rings (SSSR count). The van der Waals surface area contributed by atoms with Gasteiger partial charge in [0.25, 0.3) is 0 Å². The summed E-state index contributed by atoms with van der Waals surface area (Å²) in [5, 5.41) is 0.564. The fourth-order valence-corrected chi connectivity index (χ4v) is 4.46. The molecule has 0 saturated heterocycles. The van der Waals surface area contributed by atoms with E-state index < -0.39 is 17.5 Å². The molecule has 0 aliphatic carbocycles. The van der Waals surface area contributed by atoms with Gasteiger partial charge in [-0.25, -0.2) is 9.78 Å². The number of para-hydroxylation sites is 1. The standard InChI is InChI=1S/C26H25IN4O5/c1-5-35-15-31-20(21(32)16-9-8-12-28-13-16)23(27)29-24(31)22(33)18-14-30(25(34)36-26(2,3)4)19-11-7-6-10-17(18)19/h6-14H,5,15H2,1-4H3. The summed E-state index contributed by atoms with van der Waals surface area (Å²) in [5.74, 6) is -0.738. The molecule has 1 aromatic carbocycles. The number of ketones is 2. The third kappa shape index (κ3) is 5.09. The second-order valence-electron chi connectivity index (χ2n) is 8.93. The summed E-state index contributed by atoms with van der Waals surface area (Å²) >= 11 is 1.94. The van der Waals surface area contributed by atoms with Crippen LogP contribution in [0.4, 0.5) is 4.79 Å². The van der Waals surface area contributed by atoms with Gasteiger partial charge in [0.05, 0.1) is 11.1 Å². The molecule has 0 N–H and O–H groups in total. The quantitative estimate of drug-likeness (QED) is 0.215. The summed E-state index contributed by atoms with van der Waals surface area (Å²) in [7, 11) is 0.